The number of carbonyl (C=O) groups excluding carboxylic acids is 1. The number of aromatic nitrogens is 2. The minimum atomic E-state index is -0.451. The minimum absolute atomic E-state index is 0.130. The fraction of sp³-hybridized carbons (Fsp3) is 0.667. The molecule has 0 aliphatic carbocycles. The van der Waals surface area contributed by atoms with Crippen molar-refractivity contribution in [1.82, 2.24) is 19.8 Å². The van der Waals surface area contributed by atoms with E-state index >= 15 is 0 Å². The highest BCUT2D eigenvalue weighted by Gasteiger charge is 2.30. The van der Waals surface area contributed by atoms with Crippen LogP contribution in [0.4, 0.5) is 4.79 Å². The van der Waals surface area contributed by atoms with Gasteiger partial charge in [-0.25, -0.2) is 4.79 Å². The van der Waals surface area contributed by atoms with E-state index < -0.39 is 5.60 Å². The van der Waals surface area contributed by atoms with Crippen molar-refractivity contribution in [2.45, 2.75) is 45.9 Å². The Kier molecular flexibility index (Phi) is 4.77. The minimum Gasteiger partial charge on any atom is -0.444 e. The number of carbonyl (C=O) groups is 1. The summed E-state index contributed by atoms with van der Waals surface area (Å²) in [6.45, 7) is 10.8. The Morgan fingerprint density at radius 2 is 2.14 bits per heavy atom. The van der Waals surface area contributed by atoms with E-state index in [1.54, 1.807) is 23.5 Å². The Morgan fingerprint density at radius 3 is 2.71 bits per heavy atom. The van der Waals surface area contributed by atoms with Gasteiger partial charge in [-0.05, 0) is 27.7 Å². The monoisotopic (exact) mass is 292 g/mol. The second kappa shape index (κ2) is 6.39. The fourth-order valence-electron chi connectivity index (χ4n) is 2.41. The molecule has 0 N–H and O–H groups in total. The van der Waals surface area contributed by atoms with E-state index in [4.69, 9.17) is 4.74 Å². The number of piperazine rings is 1. The third-order valence-corrected chi connectivity index (χ3v) is 3.34. The van der Waals surface area contributed by atoms with Gasteiger partial charge < -0.3 is 9.64 Å². The molecule has 6 nitrogen and oxygen atoms in total. The van der Waals surface area contributed by atoms with Gasteiger partial charge in [-0.1, -0.05) is 0 Å². The van der Waals surface area contributed by atoms with Crippen LogP contribution in [0, 0.1) is 0 Å². The van der Waals surface area contributed by atoms with Crippen molar-refractivity contribution in [2.75, 3.05) is 19.6 Å². The Balaban J connectivity index is 1.89. The highest BCUT2D eigenvalue weighted by Crippen LogP contribution is 2.16. The van der Waals surface area contributed by atoms with Crippen molar-refractivity contribution in [3.63, 3.8) is 0 Å². The first-order valence-electron chi connectivity index (χ1n) is 7.32. The van der Waals surface area contributed by atoms with Crippen LogP contribution >= 0.6 is 0 Å². The molecule has 0 spiro atoms. The van der Waals surface area contributed by atoms with Crippen LogP contribution in [-0.4, -0.2) is 57.1 Å². The molecule has 1 aromatic heterocycles. The maximum absolute atomic E-state index is 12.2. The van der Waals surface area contributed by atoms with Crippen molar-refractivity contribution in [2.24, 2.45) is 0 Å². The molecule has 2 rings (SSSR count). The van der Waals surface area contributed by atoms with Crippen LogP contribution in [0.2, 0.25) is 0 Å². The van der Waals surface area contributed by atoms with E-state index in [1.807, 2.05) is 27.7 Å². The van der Waals surface area contributed by atoms with E-state index in [1.165, 1.54) is 0 Å². The normalized spacial score (nSPS) is 20.4. The second-order valence-corrected chi connectivity index (χ2v) is 6.45. The first kappa shape index (κ1) is 15.7. The quantitative estimate of drug-likeness (QED) is 0.833. The molecule has 1 saturated heterocycles. The van der Waals surface area contributed by atoms with Crippen molar-refractivity contribution in [3.05, 3.63) is 24.3 Å². The number of amides is 1. The lowest BCUT2D eigenvalue weighted by molar-refractivity contribution is 0.000425. The van der Waals surface area contributed by atoms with Crippen molar-refractivity contribution in [3.8, 4) is 0 Å². The molecule has 1 amide bonds. The molecule has 0 bridgehead atoms. The van der Waals surface area contributed by atoms with Gasteiger partial charge >= 0.3 is 6.09 Å². The number of nitrogens with zero attached hydrogens (tertiary/aromatic N) is 4. The van der Waals surface area contributed by atoms with Crippen molar-refractivity contribution < 1.29 is 9.53 Å². The first-order chi connectivity index (χ1) is 9.85. The van der Waals surface area contributed by atoms with Gasteiger partial charge in [0.25, 0.3) is 0 Å². The van der Waals surface area contributed by atoms with Gasteiger partial charge in [-0.2, -0.15) is 0 Å². The van der Waals surface area contributed by atoms with E-state index in [9.17, 15) is 4.79 Å². The summed E-state index contributed by atoms with van der Waals surface area (Å²) in [7, 11) is 0. The fourth-order valence-corrected chi connectivity index (χ4v) is 2.41. The van der Waals surface area contributed by atoms with Gasteiger partial charge in [0.15, 0.2) is 0 Å². The molecule has 0 radical (unpaired) electrons. The molecule has 1 unspecified atom stereocenters. The van der Waals surface area contributed by atoms with Gasteiger partial charge in [-0.3, -0.25) is 14.9 Å². The highest BCUT2D eigenvalue weighted by molar-refractivity contribution is 5.68. The molecule has 1 aromatic rings. The van der Waals surface area contributed by atoms with Crippen LogP contribution in [0.3, 0.4) is 0 Å². The number of ether oxygens (including phenoxy) is 1. The molecule has 0 aromatic carbocycles. The molecular formula is C15H24N4O2. The lowest BCUT2D eigenvalue weighted by Crippen LogP contribution is -2.54. The lowest BCUT2D eigenvalue weighted by Gasteiger charge is -2.40. The van der Waals surface area contributed by atoms with Gasteiger partial charge in [0.1, 0.15) is 5.60 Å². The lowest BCUT2D eigenvalue weighted by atomic mass is 10.2. The van der Waals surface area contributed by atoms with Crippen LogP contribution in [0.5, 0.6) is 0 Å². The average Bonchev–Trinajstić information content (AvgIpc) is 2.37. The molecule has 6 heteroatoms. The molecular weight excluding hydrogens is 268 g/mol. The number of rotatable bonds is 2. The summed E-state index contributed by atoms with van der Waals surface area (Å²) < 4.78 is 5.45. The maximum atomic E-state index is 12.2. The predicted octanol–water partition coefficient (Wildman–Crippen LogP) is 1.92. The van der Waals surface area contributed by atoms with Crippen LogP contribution in [0.15, 0.2) is 18.6 Å². The molecule has 0 saturated carbocycles. The summed E-state index contributed by atoms with van der Waals surface area (Å²) in [5.74, 6) is 0. The largest absolute Gasteiger partial charge is 0.444 e. The zero-order valence-electron chi connectivity index (χ0n) is 13.2. The maximum Gasteiger partial charge on any atom is 0.410 e. The highest BCUT2D eigenvalue weighted by atomic mass is 16.6. The number of hydrogen-bond acceptors (Lipinski definition) is 5. The average molecular weight is 292 g/mol. The summed E-state index contributed by atoms with van der Waals surface area (Å²) in [6.07, 6.45) is 4.93. The third kappa shape index (κ3) is 4.67. The predicted molar refractivity (Wildman–Crippen MR) is 79.7 cm³/mol. The molecule has 21 heavy (non-hydrogen) atoms. The van der Waals surface area contributed by atoms with E-state index in [0.29, 0.717) is 6.54 Å². The zero-order chi connectivity index (χ0) is 15.5. The summed E-state index contributed by atoms with van der Waals surface area (Å²) in [5, 5.41) is 0. The van der Waals surface area contributed by atoms with Crippen LogP contribution in [-0.2, 0) is 11.3 Å². The smallest absolute Gasteiger partial charge is 0.410 e. The summed E-state index contributed by atoms with van der Waals surface area (Å²) in [4.78, 5) is 24.6. The Labute approximate surface area is 126 Å². The van der Waals surface area contributed by atoms with E-state index in [2.05, 4.69) is 14.9 Å². The van der Waals surface area contributed by atoms with Gasteiger partial charge in [0.05, 0.1) is 5.69 Å². The van der Waals surface area contributed by atoms with Crippen molar-refractivity contribution in [1.29, 1.82) is 0 Å². The standard InChI is InChI=1S/C15H24N4O2/c1-12-10-18(11-13-9-16-5-6-17-13)7-8-19(12)14(20)21-15(2,3)4/h5-6,9,12H,7-8,10-11H2,1-4H3. The summed E-state index contributed by atoms with van der Waals surface area (Å²) in [5.41, 5.74) is 0.503. The zero-order valence-corrected chi connectivity index (χ0v) is 13.2. The molecule has 1 aliphatic heterocycles. The van der Waals surface area contributed by atoms with Crippen LogP contribution < -0.4 is 0 Å². The van der Waals surface area contributed by atoms with E-state index in [0.717, 1.165) is 25.3 Å². The Hall–Kier alpha value is -1.69. The van der Waals surface area contributed by atoms with Crippen LogP contribution in [0.25, 0.3) is 0 Å². The third-order valence-electron chi connectivity index (χ3n) is 3.34. The molecule has 1 aliphatic rings. The first-order valence-corrected chi connectivity index (χ1v) is 7.32. The van der Waals surface area contributed by atoms with E-state index in [-0.39, 0.29) is 12.1 Å². The van der Waals surface area contributed by atoms with Crippen LogP contribution in [0.1, 0.15) is 33.4 Å². The summed E-state index contributed by atoms with van der Waals surface area (Å²) in [6, 6.07) is 0.130. The Morgan fingerprint density at radius 1 is 1.38 bits per heavy atom. The second-order valence-electron chi connectivity index (χ2n) is 6.45. The number of hydrogen-bond donors (Lipinski definition) is 0. The van der Waals surface area contributed by atoms with Gasteiger partial charge in [0.2, 0.25) is 0 Å². The molecule has 1 fully saturated rings. The Bertz CT molecular complexity index is 472. The topological polar surface area (TPSA) is 58.6 Å². The molecule has 1 atom stereocenters. The van der Waals surface area contributed by atoms with Gasteiger partial charge in [-0.15, -0.1) is 0 Å². The summed E-state index contributed by atoms with van der Waals surface area (Å²) >= 11 is 0. The molecule has 2 heterocycles. The van der Waals surface area contributed by atoms with Crippen molar-refractivity contribution >= 4 is 6.09 Å². The molecule has 116 valence electrons. The SMILES string of the molecule is CC1CN(Cc2cnccn2)CCN1C(=O)OC(C)(C)C. The van der Waals surface area contributed by atoms with Gasteiger partial charge in [0, 0.05) is 50.8 Å².